The molecule has 6 aromatic rings. The van der Waals surface area contributed by atoms with Gasteiger partial charge in [0.1, 0.15) is 0 Å². The first-order chi connectivity index (χ1) is 25.1. The van der Waals surface area contributed by atoms with Gasteiger partial charge in [0.15, 0.2) is 0 Å². The molecule has 0 fully saturated rings. The molecule has 0 spiro atoms. The van der Waals surface area contributed by atoms with Crippen molar-refractivity contribution in [1.82, 2.24) is 19.9 Å². The van der Waals surface area contributed by atoms with E-state index in [4.69, 9.17) is 0 Å². The number of hydrogen-bond acceptors (Lipinski definition) is 0. The monoisotopic (exact) mass is 844 g/mol. The number of halogens is 2. The Bertz CT molecular complexity index is 2410. The van der Waals surface area contributed by atoms with Crippen molar-refractivity contribution in [2.75, 3.05) is 0 Å². The Morgan fingerprint density at radius 3 is 0.907 bits per heavy atom. The molecule has 8 bridgehead atoms. The molecule has 2 aromatic carbocycles. The minimum atomic E-state index is -0.0147. The second-order valence-electron chi connectivity index (χ2n) is 19.1. The number of aromatic nitrogens is 4. The summed E-state index contributed by atoms with van der Waals surface area (Å²) < 4.78 is 1.94. The lowest BCUT2D eigenvalue weighted by atomic mass is 9.78. The van der Waals surface area contributed by atoms with Crippen LogP contribution in [-0.2, 0) is 21.7 Å². The lowest BCUT2D eigenvalue weighted by molar-refractivity contribution is 0.567. The Morgan fingerprint density at radius 1 is 0.333 bits per heavy atom. The fourth-order valence-corrected chi connectivity index (χ4v) is 8.08. The SMILES string of the molecule is CC(C)(C)c1cc(C2=c3ccc([nH]3)=C(Br)c3ccc([nH]3)C(c3cc(C(C)(C)C)cc(C(C)(C)C)c3)=c3ccc([nH]3)=C(Br)c3ccc2[nH]3)cc(C(C)(C)C)c1. The summed E-state index contributed by atoms with van der Waals surface area (Å²) in [6.45, 7) is 27.5. The van der Waals surface area contributed by atoms with Gasteiger partial charge in [-0.2, -0.15) is 0 Å². The third kappa shape index (κ3) is 7.36. The molecular weight excluding hydrogens is 792 g/mol. The number of aromatic amines is 4. The zero-order valence-electron chi connectivity index (χ0n) is 33.8. The number of H-pyrrole nitrogens is 4. The highest BCUT2D eigenvalue weighted by molar-refractivity contribution is 9.15. The molecule has 54 heavy (non-hydrogen) atoms. The van der Waals surface area contributed by atoms with Crippen LogP contribution in [-0.4, -0.2) is 19.9 Å². The van der Waals surface area contributed by atoms with Gasteiger partial charge in [-0.25, -0.2) is 0 Å². The average molecular weight is 847 g/mol. The molecule has 4 nitrogen and oxygen atoms in total. The van der Waals surface area contributed by atoms with Gasteiger partial charge in [0, 0.05) is 33.2 Å². The minimum absolute atomic E-state index is 0.0147. The highest BCUT2D eigenvalue weighted by Crippen LogP contribution is 2.36. The number of hydrogen-bond donors (Lipinski definition) is 4. The van der Waals surface area contributed by atoms with Gasteiger partial charge < -0.3 is 19.9 Å². The average Bonchev–Trinajstić information content (AvgIpc) is 3.91. The molecule has 0 radical (unpaired) electrons. The molecular formula is C48H54Br2N4. The minimum Gasteiger partial charge on any atom is -0.354 e. The van der Waals surface area contributed by atoms with E-state index in [0.29, 0.717) is 0 Å². The van der Waals surface area contributed by atoms with Crippen LogP contribution < -0.4 is 21.4 Å². The molecule has 0 saturated carbocycles. The summed E-state index contributed by atoms with van der Waals surface area (Å²) in [5.74, 6) is 0. The summed E-state index contributed by atoms with van der Waals surface area (Å²) in [4.78, 5) is 15.3. The van der Waals surface area contributed by atoms with Gasteiger partial charge in [0.25, 0.3) is 0 Å². The standard InChI is InChI=1S/C48H54Br2N4/c1-45(2,3)29-21-27(22-30(25-29)46(4,5)6)41-33-13-17-37(51-33)43(49)39-19-15-35(53-39)42(28-23-31(47(7,8)9)26-32(24-28)48(10,11)12)36-16-20-40(54-36)44(50)38-18-14-34(41)52-38/h13-26,51-54H,1-12H3. The Labute approximate surface area is 337 Å². The first kappa shape index (κ1) is 38.3. The fraction of sp³-hybridized carbons (Fsp3) is 0.333. The molecule has 4 N–H and O–H groups in total. The first-order valence-electron chi connectivity index (χ1n) is 19.0. The van der Waals surface area contributed by atoms with Gasteiger partial charge in [0.2, 0.25) is 0 Å². The van der Waals surface area contributed by atoms with Crippen molar-refractivity contribution in [2.24, 2.45) is 0 Å². The zero-order chi connectivity index (χ0) is 39.1. The number of nitrogens with one attached hydrogen (secondary N) is 4. The summed E-state index contributed by atoms with van der Waals surface area (Å²) in [7, 11) is 0. The maximum atomic E-state index is 4.02. The van der Waals surface area contributed by atoms with E-state index in [2.05, 4.69) is 220 Å². The second-order valence-corrected chi connectivity index (χ2v) is 20.7. The van der Waals surface area contributed by atoms with E-state index in [-0.39, 0.29) is 21.7 Å². The molecule has 0 aliphatic carbocycles. The molecule has 4 aromatic heterocycles. The van der Waals surface area contributed by atoms with Gasteiger partial charge in [-0.15, -0.1) is 0 Å². The third-order valence-electron chi connectivity index (χ3n) is 10.7. The van der Waals surface area contributed by atoms with Gasteiger partial charge in [-0.3, -0.25) is 0 Å². The van der Waals surface area contributed by atoms with Crippen LogP contribution >= 0.6 is 31.9 Å². The van der Waals surface area contributed by atoms with Crippen molar-refractivity contribution in [3.63, 3.8) is 0 Å². The summed E-state index contributed by atoms with van der Waals surface area (Å²) in [5.41, 5.74) is 13.9. The van der Waals surface area contributed by atoms with Crippen LogP contribution in [0.25, 0.3) is 20.1 Å². The van der Waals surface area contributed by atoms with Gasteiger partial charge in [0.05, 0.1) is 31.1 Å². The van der Waals surface area contributed by atoms with Crippen molar-refractivity contribution in [2.45, 2.75) is 105 Å². The van der Waals surface area contributed by atoms with Crippen molar-refractivity contribution >= 4 is 52.0 Å². The smallest absolute Gasteiger partial charge is 0.0645 e. The number of rotatable bonds is 2. The van der Waals surface area contributed by atoms with Gasteiger partial charge >= 0.3 is 0 Å². The van der Waals surface area contributed by atoms with Crippen molar-refractivity contribution in [3.05, 3.63) is 162 Å². The summed E-state index contributed by atoms with van der Waals surface area (Å²) in [6, 6.07) is 31.7. The summed E-state index contributed by atoms with van der Waals surface area (Å²) >= 11 is 8.04. The van der Waals surface area contributed by atoms with E-state index < -0.39 is 0 Å². The molecule has 0 atom stereocenters. The Balaban J connectivity index is 1.55. The molecule has 5 heterocycles. The maximum absolute atomic E-state index is 4.02. The maximum Gasteiger partial charge on any atom is 0.0645 e. The topological polar surface area (TPSA) is 63.2 Å². The van der Waals surface area contributed by atoms with Gasteiger partial charge in [-0.1, -0.05) is 119 Å². The molecule has 280 valence electrons. The summed E-state index contributed by atoms with van der Waals surface area (Å²) in [5, 5.41) is 4.08. The summed E-state index contributed by atoms with van der Waals surface area (Å²) in [6.07, 6.45) is 0. The zero-order valence-corrected chi connectivity index (χ0v) is 37.0. The van der Waals surface area contributed by atoms with E-state index in [1.54, 1.807) is 0 Å². The number of benzene rings is 2. The quantitative estimate of drug-likeness (QED) is 0.134. The Kier molecular flexibility index (Phi) is 9.46. The molecule has 0 saturated heterocycles. The van der Waals surface area contributed by atoms with Crippen LogP contribution in [0, 0.1) is 0 Å². The molecule has 1 aliphatic heterocycles. The molecule has 0 unspecified atom stereocenters. The van der Waals surface area contributed by atoms with Crippen LogP contribution in [0.4, 0.5) is 0 Å². The second kappa shape index (κ2) is 13.3. The molecule has 1 aliphatic rings. The van der Waals surface area contributed by atoms with Crippen LogP contribution in [0.15, 0.2) is 84.9 Å². The van der Waals surface area contributed by atoms with E-state index in [1.807, 2.05) is 0 Å². The number of fused-ring (bicyclic) bond motifs is 8. The van der Waals surface area contributed by atoms with Crippen LogP contribution in [0.5, 0.6) is 0 Å². The molecule has 0 amide bonds. The van der Waals surface area contributed by atoms with Crippen LogP contribution in [0.2, 0.25) is 0 Å². The van der Waals surface area contributed by atoms with E-state index >= 15 is 0 Å². The lowest BCUT2D eigenvalue weighted by Gasteiger charge is -2.26. The normalized spacial score (nSPS) is 14.3. The van der Waals surface area contributed by atoms with E-state index in [9.17, 15) is 0 Å². The Hall–Kier alpha value is -4.00. The van der Waals surface area contributed by atoms with E-state index in [0.717, 1.165) is 64.3 Å². The largest absolute Gasteiger partial charge is 0.354 e. The predicted molar refractivity (Wildman–Crippen MR) is 235 cm³/mol. The fourth-order valence-electron chi connectivity index (χ4n) is 7.15. The van der Waals surface area contributed by atoms with E-state index in [1.165, 1.54) is 33.4 Å². The molecule has 6 heteroatoms. The highest BCUT2D eigenvalue weighted by Gasteiger charge is 2.25. The van der Waals surface area contributed by atoms with Crippen molar-refractivity contribution in [3.8, 4) is 0 Å². The molecule has 7 rings (SSSR count). The van der Waals surface area contributed by atoms with Crippen LogP contribution in [0.1, 0.15) is 139 Å². The lowest BCUT2D eigenvalue weighted by Crippen LogP contribution is -2.20. The van der Waals surface area contributed by atoms with Crippen molar-refractivity contribution in [1.29, 1.82) is 0 Å². The third-order valence-corrected chi connectivity index (χ3v) is 12.4. The predicted octanol–water partition coefficient (Wildman–Crippen LogP) is 10.1. The van der Waals surface area contributed by atoms with Crippen LogP contribution in [0.3, 0.4) is 0 Å². The highest BCUT2D eigenvalue weighted by atomic mass is 79.9. The Morgan fingerprint density at radius 2 is 0.611 bits per heavy atom. The first-order valence-corrected chi connectivity index (χ1v) is 20.6. The van der Waals surface area contributed by atoms with Gasteiger partial charge in [-0.05, 0) is 135 Å². The van der Waals surface area contributed by atoms with Crippen molar-refractivity contribution < 1.29 is 0 Å².